The largest absolute Gasteiger partial charge is 0.344 e. The highest BCUT2D eigenvalue weighted by molar-refractivity contribution is 5.75. The van der Waals surface area contributed by atoms with Gasteiger partial charge in [0.2, 0.25) is 5.91 Å². The van der Waals surface area contributed by atoms with Gasteiger partial charge >= 0.3 is 0 Å². The number of aromatic nitrogens is 2. The van der Waals surface area contributed by atoms with Gasteiger partial charge in [0.1, 0.15) is 12.4 Å². The van der Waals surface area contributed by atoms with Crippen molar-refractivity contribution in [2.45, 2.75) is 33.2 Å². The molecule has 4 nitrogen and oxygen atoms in total. The van der Waals surface area contributed by atoms with Crippen LogP contribution in [0.25, 0.3) is 0 Å². The zero-order chi connectivity index (χ0) is 11.3. The lowest BCUT2D eigenvalue weighted by atomic mass is 10.3. The quantitative estimate of drug-likeness (QED) is 0.733. The molecule has 0 radical (unpaired) electrons. The lowest BCUT2D eigenvalue weighted by Gasteiger charge is -2.15. The van der Waals surface area contributed by atoms with E-state index >= 15 is 0 Å². The molecule has 0 unspecified atom stereocenters. The Kier molecular flexibility index (Phi) is 4.34. The number of nitrogens with zero attached hydrogens (tertiary/aromatic N) is 3. The summed E-state index contributed by atoms with van der Waals surface area (Å²) >= 11 is 0. The van der Waals surface area contributed by atoms with Crippen molar-refractivity contribution in [2.24, 2.45) is 0 Å². The molecular weight excluding hydrogens is 190 g/mol. The third-order valence-corrected chi connectivity index (χ3v) is 2.48. The molecule has 4 heteroatoms. The predicted molar refractivity (Wildman–Crippen MR) is 59.5 cm³/mol. The van der Waals surface area contributed by atoms with Gasteiger partial charge in [0.15, 0.2) is 0 Å². The first-order valence-electron chi connectivity index (χ1n) is 5.43. The third kappa shape index (κ3) is 3.08. The van der Waals surface area contributed by atoms with Crippen molar-refractivity contribution < 1.29 is 4.79 Å². The van der Waals surface area contributed by atoms with Crippen molar-refractivity contribution in [3.05, 3.63) is 18.2 Å². The smallest absolute Gasteiger partial charge is 0.242 e. The van der Waals surface area contributed by atoms with Gasteiger partial charge in [-0.05, 0) is 13.3 Å². The molecule has 0 spiro atoms. The van der Waals surface area contributed by atoms with Gasteiger partial charge in [-0.25, -0.2) is 4.98 Å². The second kappa shape index (κ2) is 5.53. The third-order valence-electron chi connectivity index (χ3n) is 2.48. The molecule has 1 amide bonds. The zero-order valence-electron chi connectivity index (χ0n) is 9.73. The predicted octanol–water partition coefficient (Wildman–Crippen LogP) is 1.31. The molecule has 0 aliphatic rings. The number of carbonyl (C=O) groups excluding carboxylic acids is 1. The Bertz CT molecular complexity index is 319. The highest BCUT2D eigenvalue weighted by Gasteiger charge is 2.09. The standard InChI is InChI=1S/C11H19N3O/c1-4-6-10-12-7-8-14(10)9-11(15)13(3)5-2/h7-8H,4-6,9H2,1-3H3. The van der Waals surface area contributed by atoms with Crippen LogP contribution < -0.4 is 0 Å². The molecule has 1 heterocycles. The van der Waals surface area contributed by atoms with Gasteiger partial charge in [-0.2, -0.15) is 0 Å². The molecular formula is C11H19N3O. The Morgan fingerprint density at radius 1 is 1.53 bits per heavy atom. The molecule has 15 heavy (non-hydrogen) atoms. The van der Waals surface area contributed by atoms with Crippen molar-refractivity contribution in [1.29, 1.82) is 0 Å². The normalized spacial score (nSPS) is 10.3. The van der Waals surface area contributed by atoms with Crippen molar-refractivity contribution in [2.75, 3.05) is 13.6 Å². The fraction of sp³-hybridized carbons (Fsp3) is 0.636. The Labute approximate surface area is 90.9 Å². The van der Waals surface area contributed by atoms with Crippen LogP contribution in [-0.2, 0) is 17.8 Å². The molecule has 0 fully saturated rings. The van der Waals surface area contributed by atoms with E-state index in [9.17, 15) is 4.79 Å². The molecule has 0 aromatic carbocycles. The molecule has 84 valence electrons. The SMILES string of the molecule is CCCc1nccn1CC(=O)N(C)CC. The topological polar surface area (TPSA) is 38.1 Å². The first kappa shape index (κ1) is 11.8. The molecule has 0 aliphatic heterocycles. The highest BCUT2D eigenvalue weighted by atomic mass is 16.2. The van der Waals surface area contributed by atoms with Gasteiger partial charge in [-0.15, -0.1) is 0 Å². The first-order valence-corrected chi connectivity index (χ1v) is 5.43. The molecule has 0 N–H and O–H groups in total. The summed E-state index contributed by atoms with van der Waals surface area (Å²) < 4.78 is 1.93. The van der Waals surface area contributed by atoms with E-state index in [1.807, 2.05) is 24.7 Å². The zero-order valence-corrected chi connectivity index (χ0v) is 9.73. The minimum atomic E-state index is 0.132. The summed E-state index contributed by atoms with van der Waals surface area (Å²) in [5.41, 5.74) is 0. The monoisotopic (exact) mass is 209 g/mol. The fourth-order valence-corrected chi connectivity index (χ4v) is 1.38. The molecule has 0 saturated carbocycles. The molecule has 1 aromatic rings. The van der Waals surface area contributed by atoms with Gasteiger partial charge in [-0.1, -0.05) is 6.92 Å². The van der Waals surface area contributed by atoms with Crippen LogP contribution in [-0.4, -0.2) is 34.0 Å². The minimum absolute atomic E-state index is 0.132. The number of hydrogen-bond acceptors (Lipinski definition) is 2. The number of likely N-dealkylation sites (N-methyl/N-ethyl adjacent to an activating group) is 1. The number of amides is 1. The Morgan fingerprint density at radius 3 is 2.87 bits per heavy atom. The molecule has 0 atom stereocenters. The van der Waals surface area contributed by atoms with Gasteiger partial charge in [0.05, 0.1) is 0 Å². The van der Waals surface area contributed by atoms with Crippen LogP contribution in [0.15, 0.2) is 12.4 Å². The number of aryl methyl sites for hydroxylation is 1. The first-order chi connectivity index (χ1) is 7.19. The van der Waals surface area contributed by atoms with E-state index in [0.717, 1.165) is 25.2 Å². The van der Waals surface area contributed by atoms with Crippen molar-refractivity contribution in [3.8, 4) is 0 Å². The van der Waals surface area contributed by atoms with Crippen molar-refractivity contribution in [1.82, 2.24) is 14.5 Å². The minimum Gasteiger partial charge on any atom is -0.344 e. The van der Waals surface area contributed by atoms with Gasteiger partial charge in [0, 0.05) is 32.4 Å². The number of hydrogen-bond donors (Lipinski definition) is 0. The van der Waals surface area contributed by atoms with Gasteiger partial charge in [0.25, 0.3) is 0 Å². The lowest BCUT2D eigenvalue weighted by molar-refractivity contribution is -0.130. The summed E-state index contributed by atoms with van der Waals surface area (Å²) in [6.45, 7) is 5.23. The second-order valence-corrected chi connectivity index (χ2v) is 3.63. The summed E-state index contributed by atoms with van der Waals surface area (Å²) in [6, 6.07) is 0. The maximum absolute atomic E-state index is 11.7. The van der Waals surface area contributed by atoms with Crippen molar-refractivity contribution in [3.63, 3.8) is 0 Å². The van der Waals surface area contributed by atoms with Gasteiger partial charge < -0.3 is 9.47 Å². The number of imidazole rings is 1. The Morgan fingerprint density at radius 2 is 2.27 bits per heavy atom. The summed E-state index contributed by atoms with van der Waals surface area (Å²) in [6.07, 6.45) is 5.60. The van der Waals surface area contributed by atoms with Crippen molar-refractivity contribution >= 4 is 5.91 Å². The molecule has 0 bridgehead atoms. The van der Waals surface area contributed by atoms with E-state index in [2.05, 4.69) is 11.9 Å². The number of carbonyl (C=O) groups is 1. The maximum atomic E-state index is 11.7. The van der Waals surface area contributed by atoms with E-state index in [1.165, 1.54) is 0 Å². The van der Waals surface area contributed by atoms with Gasteiger partial charge in [-0.3, -0.25) is 4.79 Å². The average molecular weight is 209 g/mol. The van der Waals surface area contributed by atoms with E-state index in [1.54, 1.807) is 11.1 Å². The van der Waals surface area contributed by atoms with Crippen LogP contribution >= 0.6 is 0 Å². The van der Waals surface area contributed by atoms with E-state index in [0.29, 0.717) is 6.54 Å². The molecule has 1 aromatic heterocycles. The molecule has 1 rings (SSSR count). The highest BCUT2D eigenvalue weighted by Crippen LogP contribution is 2.02. The van der Waals surface area contributed by atoms with Crippen LogP contribution in [0, 0.1) is 0 Å². The number of rotatable bonds is 5. The van der Waals surface area contributed by atoms with Crippen LogP contribution in [0.1, 0.15) is 26.1 Å². The Hall–Kier alpha value is -1.32. The van der Waals surface area contributed by atoms with Crippen LogP contribution in [0.5, 0.6) is 0 Å². The maximum Gasteiger partial charge on any atom is 0.242 e. The Balaban J connectivity index is 2.63. The summed E-state index contributed by atoms with van der Waals surface area (Å²) in [5, 5.41) is 0. The summed E-state index contributed by atoms with van der Waals surface area (Å²) in [4.78, 5) is 17.6. The van der Waals surface area contributed by atoms with Crippen LogP contribution in [0.3, 0.4) is 0 Å². The van der Waals surface area contributed by atoms with E-state index < -0.39 is 0 Å². The van der Waals surface area contributed by atoms with Crippen LogP contribution in [0.4, 0.5) is 0 Å². The van der Waals surface area contributed by atoms with E-state index in [4.69, 9.17) is 0 Å². The summed E-state index contributed by atoms with van der Waals surface area (Å²) in [7, 11) is 1.82. The average Bonchev–Trinajstić information content (AvgIpc) is 2.65. The summed E-state index contributed by atoms with van der Waals surface area (Å²) in [5.74, 6) is 1.13. The molecule has 0 saturated heterocycles. The van der Waals surface area contributed by atoms with E-state index in [-0.39, 0.29) is 5.91 Å². The van der Waals surface area contributed by atoms with Crippen LogP contribution in [0.2, 0.25) is 0 Å². The fourth-order valence-electron chi connectivity index (χ4n) is 1.38. The molecule has 0 aliphatic carbocycles. The lowest BCUT2D eigenvalue weighted by Crippen LogP contribution is -2.30. The second-order valence-electron chi connectivity index (χ2n) is 3.63.